The fourth-order valence-electron chi connectivity index (χ4n) is 3.72. The molecule has 180 valence electrons. The van der Waals surface area contributed by atoms with Crippen LogP contribution in [0.2, 0.25) is 0 Å². The average molecular weight is 493 g/mol. The van der Waals surface area contributed by atoms with Crippen LogP contribution < -0.4 is 14.4 Å². The summed E-state index contributed by atoms with van der Waals surface area (Å²) in [5.74, 6) is -0.716. The van der Waals surface area contributed by atoms with E-state index in [1.54, 1.807) is 42.5 Å². The van der Waals surface area contributed by atoms with E-state index >= 15 is 0 Å². The number of anilines is 2. The van der Waals surface area contributed by atoms with Crippen LogP contribution >= 0.6 is 0 Å². The highest BCUT2D eigenvalue weighted by Gasteiger charge is 2.30. The molecule has 3 aromatic rings. The number of sulfonamides is 1. The van der Waals surface area contributed by atoms with E-state index in [-0.39, 0.29) is 4.90 Å². The van der Waals surface area contributed by atoms with Gasteiger partial charge in [0.2, 0.25) is 0 Å². The topological polar surface area (TPSA) is 102 Å². The van der Waals surface area contributed by atoms with Crippen molar-refractivity contribution in [2.24, 2.45) is 0 Å². The number of amides is 1. The molecule has 3 aromatic carbocycles. The Bertz CT molecular complexity index is 1370. The smallest absolute Gasteiger partial charge is 0.331 e. The van der Waals surface area contributed by atoms with Crippen LogP contribution in [0.25, 0.3) is 6.08 Å². The number of hydrogen-bond acceptors (Lipinski definition) is 6. The molecule has 0 bridgehead atoms. The molecule has 1 aliphatic heterocycles. The SMILES string of the molecule is COc1ccccc1NC(=O)COC(=O)/C=C/c1ccc(S(=O)(=O)N2CCc3ccccc32)cc1. The van der Waals surface area contributed by atoms with Crippen LogP contribution in [-0.2, 0) is 30.8 Å². The van der Waals surface area contributed by atoms with E-state index in [1.807, 2.05) is 18.2 Å². The highest BCUT2D eigenvalue weighted by molar-refractivity contribution is 7.92. The third-order valence-corrected chi connectivity index (χ3v) is 7.28. The monoisotopic (exact) mass is 492 g/mol. The first-order chi connectivity index (χ1) is 16.9. The van der Waals surface area contributed by atoms with Crippen molar-refractivity contribution >= 4 is 39.4 Å². The maximum absolute atomic E-state index is 13.1. The number of esters is 1. The van der Waals surface area contributed by atoms with E-state index < -0.39 is 28.5 Å². The lowest BCUT2D eigenvalue weighted by atomic mass is 10.2. The molecule has 0 saturated carbocycles. The zero-order valence-corrected chi connectivity index (χ0v) is 19.8. The molecule has 9 heteroatoms. The Morgan fingerprint density at radius 1 is 1.00 bits per heavy atom. The number of para-hydroxylation sites is 3. The number of carbonyl (C=O) groups is 2. The van der Waals surface area contributed by atoms with Gasteiger partial charge >= 0.3 is 5.97 Å². The molecule has 1 N–H and O–H groups in total. The molecule has 8 nitrogen and oxygen atoms in total. The summed E-state index contributed by atoms with van der Waals surface area (Å²) in [6.07, 6.45) is 3.34. The van der Waals surface area contributed by atoms with E-state index in [2.05, 4.69) is 5.32 Å². The summed E-state index contributed by atoms with van der Waals surface area (Å²) in [6.45, 7) is -0.0600. The number of carbonyl (C=O) groups excluding carboxylic acids is 2. The molecule has 1 amide bonds. The quantitative estimate of drug-likeness (QED) is 0.381. The van der Waals surface area contributed by atoms with Gasteiger partial charge in [-0.3, -0.25) is 9.10 Å². The molecule has 0 spiro atoms. The van der Waals surface area contributed by atoms with E-state index in [4.69, 9.17) is 9.47 Å². The van der Waals surface area contributed by atoms with Gasteiger partial charge in [-0.15, -0.1) is 0 Å². The van der Waals surface area contributed by atoms with Crippen molar-refractivity contribution in [1.29, 1.82) is 0 Å². The molecule has 0 saturated heterocycles. The normalized spacial score (nSPS) is 12.9. The zero-order chi connectivity index (χ0) is 24.8. The van der Waals surface area contributed by atoms with Crippen LogP contribution in [0, 0.1) is 0 Å². The average Bonchev–Trinajstić information content (AvgIpc) is 3.32. The first kappa shape index (κ1) is 24.0. The van der Waals surface area contributed by atoms with E-state index in [1.165, 1.54) is 35.7 Å². The molecule has 1 aliphatic rings. The molecule has 0 unspecified atom stereocenters. The molecule has 35 heavy (non-hydrogen) atoms. The molecule has 0 atom stereocenters. The Morgan fingerprint density at radius 3 is 2.49 bits per heavy atom. The predicted octanol–water partition coefficient (Wildman–Crippen LogP) is 3.64. The second-order valence-corrected chi connectivity index (χ2v) is 9.58. The summed E-state index contributed by atoms with van der Waals surface area (Å²) < 4.78 is 37.7. The number of ether oxygens (including phenoxy) is 2. The minimum absolute atomic E-state index is 0.168. The largest absolute Gasteiger partial charge is 0.495 e. The fourth-order valence-corrected chi connectivity index (χ4v) is 5.22. The van der Waals surface area contributed by atoms with Gasteiger partial charge in [0.05, 0.1) is 23.4 Å². The van der Waals surface area contributed by atoms with Crippen LogP contribution in [0.5, 0.6) is 5.75 Å². The summed E-state index contributed by atoms with van der Waals surface area (Å²) in [5, 5.41) is 2.61. The lowest BCUT2D eigenvalue weighted by molar-refractivity contribution is -0.142. The number of benzene rings is 3. The number of nitrogens with one attached hydrogen (secondary N) is 1. The lowest BCUT2D eigenvalue weighted by Crippen LogP contribution is -2.29. The van der Waals surface area contributed by atoms with Gasteiger partial charge in [0.1, 0.15) is 5.75 Å². The number of rotatable bonds is 8. The Hall–Kier alpha value is -4.11. The van der Waals surface area contributed by atoms with Crippen molar-refractivity contribution in [2.45, 2.75) is 11.3 Å². The van der Waals surface area contributed by atoms with Gasteiger partial charge in [0, 0.05) is 12.6 Å². The van der Waals surface area contributed by atoms with Crippen LogP contribution in [0.3, 0.4) is 0 Å². The Balaban J connectivity index is 1.33. The van der Waals surface area contributed by atoms with Crippen molar-refractivity contribution < 1.29 is 27.5 Å². The van der Waals surface area contributed by atoms with Crippen molar-refractivity contribution in [1.82, 2.24) is 0 Å². The number of fused-ring (bicyclic) bond motifs is 1. The van der Waals surface area contributed by atoms with Gasteiger partial charge in [-0.2, -0.15) is 0 Å². The van der Waals surface area contributed by atoms with Gasteiger partial charge < -0.3 is 14.8 Å². The van der Waals surface area contributed by atoms with Gasteiger partial charge in [-0.1, -0.05) is 42.5 Å². The minimum atomic E-state index is -3.68. The van der Waals surface area contributed by atoms with Crippen molar-refractivity contribution in [3.63, 3.8) is 0 Å². The molecule has 1 heterocycles. The second kappa shape index (κ2) is 10.4. The van der Waals surface area contributed by atoms with Crippen LogP contribution in [0.1, 0.15) is 11.1 Å². The third-order valence-electron chi connectivity index (χ3n) is 5.45. The number of hydrogen-bond donors (Lipinski definition) is 1. The van der Waals surface area contributed by atoms with E-state index in [9.17, 15) is 18.0 Å². The minimum Gasteiger partial charge on any atom is -0.495 e. The summed E-state index contributed by atoms with van der Waals surface area (Å²) >= 11 is 0. The first-order valence-corrected chi connectivity index (χ1v) is 12.3. The third kappa shape index (κ3) is 5.52. The summed E-state index contributed by atoms with van der Waals surface area (Å²) in [6, 6.07) is 20.6. The predicted molar refractivity (Wildman–Crippen MR) is 133 cm³/mol. The van der Waals surface area contributed by atoms with E-state index in [0.717, 1.165) is 5.56 Å². The highest BCUT2D eigenvalue weighted by atomic mass is 32.2. The number of methoxy groups -OCH3 is 1. The first-order valence-electron chi connectivity index (χ1n) is 10.9. The standard InChI is InChI=1S/C26H24N2O6S/c1-33-24-9-5-3-7-22(24)27-25(29)18-34-26(30)15-12-19-10-13-21(14-11-19)35(31,32)28-17-16-20-6-2-4-8-23(20)28/h2-15H,16-18H2,1H3,(H,27,29)/b15-12+. The van der Waals surface area contributed by atoms with E-state index in [0.29, 0.717) is 35.7 Å². The summed E-state index contributed by atoms with van der Waals surface area (Å²) in [7, 11) is -2.20. The Morgan fingerprint density at radius 2 is 1.71 bits per heavy atom. The molecular weight excluding hydrogens is 468 g/mol. The molecule has 0 aromatic heterocycles. The van der Waals surface area contributed by atoms with Crippen LogP contribution in [0.15, 0.2) is 83.8 Å². The fraction of sp³-hybridized carbons (Fsp3) is 0.154. The van der Waals surface area contributed by atoms with Crippen molar-refractivity contribution in [2.75, 3.05) is 29.9 Å². The van der Waals surface area contributed by atoms with Crippen molar-refractivity contribution in [3.05, 3.63) is 90.0 Å². The maximum Gasteiger partial charge on any atom is 0.331 e. The second-order valence-electron chi connectivity index (χ2n) is 7.71. The molecule has 4 rings (SSSR count). The number of nitrogens with zero attached hydrogens (tertiary/aromatic N) is 1. The van der Waals surface area contributed by atoms with Gasteiger partial charge in [-0.05, 0) is 54.0 Å². The summed E-state index contributed by atoms with van der Waals surface area (Å²) in [5.41, 5.74) is 2.79. The van der Waals surface area contributed by atoms with Gasteiger partial charge in [0.15, 0.2) is 6.61 Å². The molecule has 0 radical (unpaired) electrons. The Kier molecular flexibility index (Phi) is 7.17. The van der Waals surface area contributed by atoms with Crippen LogP contribution in [-0.4, -0.2) is 40.6 Å². The van der Waals surface area contributed by atoms with Crippen LogP contribution in [0.4, 0.5) is 11.4 Å². The molecule has 0 aliphatic carbocycles. The lowest BCUT2D eigenvalue weighted by Gasteiger charge is -2.19. The molecular formula is C26H24N2O6S. The van der Waals surface area contributed by atoms with Gasteiger partial charge in [-0.25, -0.2) is 13.2 Å². The summed E-state index contributed by atoms with van der Waals surface area (Å²) in [4.78, 5) is 24.2. The Labute approximate surface area is 203 Å². The zero-order valence-electron chi connectivity index (χ0n) is 19.0. The highest BCUT2D eigenvalue weighted by Crippen LogP contribution is 2.32. The maximum atomic E-state index is 13.1. The van der Waals surface area contributed by atoms with Crippen molar-refractivity contribution in [3.8, 4) is 5.75 Å². The molecule has 0 fully saturated rings. The van der Waals surface area contributed by atoms with Gasteiger partial charge in [0.25, 0.3) is 15.9 Å².